The van der Waals surface area contributed by atoms with E-state index in [4.69, 9.17) is 9.63 Å². The summed E-state index contributed by atoms with van der Waals surface area (Å²) >= 11 is 0. The van der Waals surface area contributed by atoms with Crippen LogP contribution >= 0.6 is 0 Å². The maximum atomic E-state index is 12.1. The van der Waals surface area contributed by atoms with Crippen molar-refractivity contribution in [2.75, 3.05) is 13.1 Å². The van der Waals surface area contributed by atoms with E-state index < -0.39 is 11.9 Å². The van der Waals surface area contributed by atoms with Gasteiger partial charge in [0.1, 0.15) is 5.76 Å². The number of amides is 2. The molecule has 2 amide bonds. The van der Waals surface area contributed by atoms with E-state index in [2.05, 4.69) is 10.5 Å². The predicted octanol–water partition coefficient (Wildman–Crippen LogP) is 1.71. The number of carbonyl (C=O) groups excluding carboxylic acids is 1. The van der Waals surface area contributed by atoms with Crippen molar-refractivity contribution in [3.8, 4) is 0 Å². The average Bonchev–Trinajstić information content (AvgIpc) is 2.66. The maximum Gasteiger partial charge on any atom is 0.317 e. The number of aryl methyl sites for hydroxylation is 2. The molecule has 1 aliphatic heterocycles. The largest absolute Gasteiger partial charge is 0.481 e. The van der Waals surface area contributed by atoms with Crippen LogP contribution in [0.4, 0.5) is 4.79 Å². The smallest absolute Gasteiger partial charge is 0.317 e. The molecule has 1 saturated heterocycles. The Balaban J connectivity index is 1.88. The molecule has 2 rings (SSSR count). The molecule has 0 bridgehead atoms. The van der Waals surface area contributed by atoms with Gasteiger partial charge in [-0.15, -0.1) is 0 Å². The van der Waals surface area contributed by atoms with Crippen LogP contribution in [0.5, 0.6) is 0 Å². The molecule has 2 unspecified atom stereocenters. The first-order valence-corrected chi connectivity index (χ1v) is 7.02. The summed E-state index contributed by atoms with van der Waals surface area (Å²) in [5.74, 6) is -0.512. The lowest BCUT2D eigenvalue weighted by atomic mass is 9.87. The summed E-state index contributed by atoms with van der Waals surface area (Å²) in [7, 11) is 0. The Kier molecular flexibility index (Phi) is 4.20. The molecule has 116 valence electrons. The van der Waals surface area contributed by atoms with Gasteiger partial charge in [0.15, 0.2) is 0 Å². The molecule has 7 nitrogen and oxygen atoms in total. The van der Waals surface area contributed by atoms with E-state index >= 15 is 0 Å². The topological polar surface area (TPSA) is 95.7 Å². The van der Waals surface area contributed by atoms with Crippen LogP contribution in [0.3, 0.4) is 0 Å². The van der Waals surface area contributed by atoms with Gasteiger partial charge < -0.3 is 19.8 Å². The predicted molar refractivity (Wildman–Crippen MR) is 74.8 cm³/mol. The van der Waals surface area contributed by atoms with E-state index in [1.807, 2.05) is 20.8 Å². The molecule has 1 fully saturated rings. The number of aliphatic carboxylic acids is 1. The van der Waals surface area contributed by atoms with Gasteiger partial charge in [-0.2, -0.15) is 0 Å². The van der Waals surface area contributed by atoms with Crippen molar-refractivity contribution in [3.63, 3.8) is 0 Å². The molecule has 0 radical (unpaired) electrons. The lowest BCUT2D eigenvalue weighted by molar-refractivity contribution is -0.144. The summed E-state index contributed by atoms with van der Waals surface area (Å²) in [5, 5.41) is 15.7. The highest BCUT2D eigenvalue weighted by molar-refractivity contribution is 5.76. The molecule has 0 saturated carbocycles. The van der Waals surface area contributed by atoms with Gasteiger partial charge in [-0.1, -0.05) is 12.1 Å². The van der Waals surface area contributed by atoms with Gasteiger partial charge in [0, 0.05) is 24.6 Å². The molecule has 0 spiro atoms. The van der Waals surface area contributed by atoms with Crippen LogP contribution in [0.15, 0.2) is 4.52 Å². The second kappa shape index (κ2) is 5.75. The third-order valence-corrected chi connectivity index (χ3v) is 4.16. The third kappa shape index (κ3) is 3.01. The molecule has 0 aliphatic carbocycles. The van der Waals surface area contributed by atoms with E-state index in [0.717, 1.165) is 11.3 Å². The number of hydrogen-bond acceptors (Lipinski definition) is 4. The van der Waals surface area contributed by atoms with E-state index in [9.17, 15) is 9.59 Å². The van der Waals surface area contributed by atoms with Crippen molar-refractivity contribution >= 4 is 12.0 Å². The highest BCUT2D eigenvalue weighted by atomic mass is 16.5. The number of aromatic nitrogens is 1. The van der Waals surface area contributed by atoms with Crippen molar-refractivity contribution in [2.24, 2.45) is 11.8 Å². The fourth-order valence-electron chi connectivity index (χ4n) is 2.65. The van der Waals surface area contributed by atoms with Crippen LogP contribution in [0, 0.1) is 25.7 Å². The van der Waals surface area contributed by atoms with Crippen molar-refractivity contribution < 1.29 is 19.2 Å². The lowest BCUT2D eigenvalue weighted by Gasteiger charge is -2.41. The Labute approximate surface area is 123 Å². The molecule has 1 aromatic heterocycles. The van der Waals surface area contributed by atoms with E-state index in [0.29, 0.717) is 18.8 Å². The second-order valence-electron chi connectivity index (χ2n) is 5.70. The first-order chi connectivity index (χ1) is 9.81. The lowest BCUT2D eigenvalue weighted by Crippen LogP contribution is -2.56. The van der Waals surface area contributed by atoms with Gasteiger partial charge in [0.2, 0.25) is 0 Å². The highest BCUT2D eigenvalue weighted by Crippen LogP contribution is 2.25. The minimum absolute atomic E-state index is 0.0302. The summed E-state index contributed by atoms with van der Waals surface area (Å²) in [4.78, 5) is 24.6. The number of urea groups is 1. The molecule has 1 aromatic rings. The summed E-state index contributed by atoms with van der Waals surface area (Å²) in [6.45, 7) is 8.16. The molecule has 0 aromatic carbocycles. The number of likely N-dealkylation sites (tertiary alicyclic amines) is 1. The SMILES string of the molecule is Cc1noc(C)c1C(C)NC(=O)N1CC(C(C)C(=O)O)C1. The summed E-state index contributed by atoms with van der Waals surface area (Å²) in [5.41, 5.74) is 1.65. The van der Waals surface area contributed by atoms with Gasteiger partial charge in [0.25, 0.3) is 0 Å². The Hall–Kier alpha value is -2.05. The zero-order valence-electron chi connectivity index (χ0n) is 12.7. The van der Waals surface area contributed by atoms with Crippen LogP contribution in [-0.2, 0) is 4.79 Å². The minimum Gasteiger partial charge on any atom is -0.481 e. The first kappa shape index (κ1) is 15.3. The Morgan fingerprint density at radius 2 is 2.00 bits per heavy atom. The van der Waals surface area contributed by atoms with Crippen molar-refractivity contribution in [1.82, 2.24) is 15.4 Å². The molecule has 2 heterocycles. The number of carboxylic acids is 1. The van der Waals surface area contributed by atoms with E-state index in [1.54, 1.807) is 11.8 Å². The van der Waals surface area contributed by atoms with Crippen LogP contribution < -0.4 is 5.32 Å². The van der Waals surface area contributed by atoms with Crippen LogP contribution in [0.1, 0.15) is 36.9 Å². The second-order valence-corrected chi connectivity index (χ2v) is 5.70. The number of rotatable bonds is 4. The number of carboxylic acid groups (broad SMARTS) is 1. The molecule has 21 heavy (non-hydrogen) atoms. The first-order valence-electron chi connectivity index (χ1n) is 7.02. The Morgan fingerprint density at radius 1 is 1.38 bits per heavy atom. The minimum atomic E-state index is -0.816. The molecule has 2 N–H and O–H groups in total. The quantitative estimate of drug-likeness (QED) is 0.881. The van der Waals surface area contributed by atoms with Crippen molar-refractivity contribution in [1.29, 1.82) is 0 Å². The third-order valence-electron chi connectivity index (χ3n) is 4.16. The van der Waals surface area contributed by atoms with Crippen LogP contribution in [0.25, 0.3) is 0 Å². The van der Waals surface area contributed by atoms with E-state index in [-0.39, 0.29) is 18.0 Å². The monoisotopic (exact) mass is 295 g/mol. The van der Waals surface area contributed by atoms with Gasteiger partial charge in [-0.3, -0.25) is 4.79 Å². The zero-order valence-corrected chi connectivity index (χ0v) is 12.7. The normalized spacial score (nSPS) is 18.0. The zero-order chi connectivity index (χ0) is 15.7. The Morgan fingerprint density at radius 3 is 2.48 bits per heavy atom. The molecule has 2 atom stereocenters. The number of nitrogens with zero attached hydrogens (tertiary/aromatic N) is 2. The van der Waals surface area contributed by atoms with Crippen molar-refractivity contribution in [2.45, 2.75) is 33.7 Å². The average molecular weight is 295 g/mol. The summed E-state index contributed by atoms with van der Waals surface area (Å²) < 4.78 is 5.09. The highest BCUT2D eigenvalue weighted by Gasteiger charge is 2.37. The number of carbonyl (C=O) groups is 2. The molecule has 7 heteroatoms. The van der Waals surface area contributed by atoms with Gasteiger partial charge in [-0.05, 0) is 20.8 Å². The summed E-state index contributed by atoms with van der Waals surface area (Å²) in [6.07, 6.45) is 0. The van der Waals surface area contributed by atoms with Gasteiger partial charge in [0.05, 0.1) is 17.7 Å². The van der Waals surface area contributed by atoms with Gasteiger partial charge >= 0.3 is 12.0 Å². The van der Waals surface area contributed by atoms with Gasteiger partial charge in [-0.25, -0.2) is 4.79 Å². The Bertz CT molecular complexity index is 529. The van der Waals surface area contributed by atoms with Crippen LogP contribution in [-0.4, -0.2) is 40.3 Å². The maximum absolute atomic E-state index is 12.1. The molecule has 1 aliphatic rings. The number of hydrogen-bond donors (Lipinski definition) is 2. The number of nitrogens with one attached hydrogen (secondary N) is 1. The fraction of sp³-hybridized carbons (Fsp3) is 0.643. The van der Waals surface area contributed by atoms with E-state index in [1.165, 1.54) is 0 Å². The van der Waals surface area contributed by atoms with Crippen molar-refractivity contribution in [3.05, 3.63) is 17.0 Å². The standard InChI is InChI=1S/C14H21N3O4/c1-7(13(18)19)11-5-17(6-11)14(20)15-8(2)12-9(3)16-21-10(12)4/h7-8,11H,5-6H2,1-4H3,(H,15,20)(H,18,19). The summed E-state index contributed by atoms with van der Waals surface area (Å²) in [6, 6.07) is -0.379. The molecular weight excluding hydrogens is 274 g/mol. The molecular formula is C14H21N3O4. The fourth-order valence-corrected chi connectivity index (χ4v) is 2.65. The van der Waals surface area contributed by atoms with Crippen LogP contribution in [0.2, 0.25) is 0 Å².